The summed E-state index contributed by atoms with van der Waals surface area (Å²) in [6, 6.07) is -7.41. The van der Waals surface area contributed by atoms with E-state index in [1.807, 2.05) is 24.3 Å². The van der Waals surface area contributed by atoms with Gasteiger partial charge < -0.3 is 111 Å². The highest BCUT2D eigenvalue weighted by Crippen LogP contribution is 2.35. The van der Waals surface area contributed by atoms with Crippen LogP contribution in [0.15, 0.2) is 24.3 Å². The summed E-state index contributed by atoms with van der Waals surface area (Å²) in [5.41, 5.74) is 4.90. The van der Waals surface area contributed by atoms with E-state index >= 15 is 24.0 Å². The van der Waals surface area contributed by atoms with Crippen LogP contribution in [0.1, 0.15) is 200 Å². The van der Waals surface area contributed by atoms with Gasteiger partial charge in [0, 0.05) is 55.1 Å². The van der Waals surface area contributed by atoms with Gasteiger partial charge in [-0.2, -0.15) is 23.5 Å². The number of aliphatic hydroxyl groups is 4. The normalized spacial score (nSPS) is 32.7. The first-order chi connectivity index (χ1) is 54.2. The van der Waals surface area contributed by atoms with Crippen LogP contribution < -0.4 is 85.5 Å². The van der Waals surface area contributed by atoms with Gasteiger partial charge in [-0.05, 0) is 183 Å². The van der Waals surface area contributed by atoms with Crippen molar-refractivity contribution in [1.29, 1.82) is 0 Å². The van der Waals surface area contributed by atoms with E-state index in [0.717, 1.165) is 30.5 Å². The lowest BCUT2D eigenvalue weighted by molar-refractivity contribution is -0.140. The van der Waals surface area contributed by atoms with E-state index in [1.54, 1.807) is 27.7 Å². The molecule has 4 aliphatic heterocycles. The van der Waals surface area contributed by atoms with Crippen LogP contribution in [0.4, 0.5) is 0 Å². The second-order valence-corrected chi connectivity index (χ2v) is 35.6. The molecule has 1 spiro atoms. The number of hydrogen-bond donors (Lipinski definition) is 21. The van der Waals surface area contributed by atoms with E-state index in [-0.39, 0.29) is 87.0 Å². The van der Waals surface area contributed by atoms with Crippen LogP contribution in [0, 0.1) is 29.1 Å². The molecule has 4 unspecified atom stereocenters. The maximum absolute atomic E-state index is 15.4. The number of piperidine rings is 1. The summed E-state index contributed by atoms with van der Waals surface area (Å²) in [5.74, 6) is -11.0. The molecule has 7 aliphatic rings. The molecule has 22 N–H and O–H groups in total. The number of carboxylic acid groups (broad SMARTS) is 1. The maximum Gasteiger partial charge on any atom is 0.303 e. The molecule has 3 saturated carbocycles. The maximum atomic E-state index is 15.4. The zero-order chi connectivity index (χ0) is 83.0. The SMILES string of the molecule is CCC[C@@H]1NC(=O)[C@H](CC2CCC(O)CC2)NC(=O)[C@H](CCC(=O)O)NC(=O)C2(CCCC2)NC(=O)[C@H](CC2CNC3NCCCC23)NC(=O)[C@H]([C@@H](C)O)NC(=O)[C@H](CC2CNCN2)NC(=O)[C@H](CC2CCC(O)CC2)NC(=O)[C@H](C(C)(C)C)NC(=O)CCSCc2cccc(c2)CSC[C@@H](C(N)=O)NC(=O)[C@H]([C@@H](C)O)NC1=O. The van der Waals surface area contributed by atoms with Gasteiger partial charge in [-0.25, -0.2) is 0 Å². The van der Waals surface area contributed by atoms with Gasteiger partial charge in [0.2, 0.25) is 70.9 Å². The first kappa shape index (κ1) is 92.2. The Morgan fingerprint density at radius 2 is 1.09 bits per heavy atom. The number of hydrogen-bond acceptors (Lipinski definition) is 23. The Bertz CT molecular complexity index is 3460. The molecular weight excluding hydrogens is 1510 g/mol. The fourth-order valence-corrected chi connectivity index (χ4v) is 18.5. The summed E-state index contributed by atoms with van der Waals surface area (Å²) in [6.45, 7) is 11.4. The van der Waals surface area contributed by atoms with Gasteiger partial charge in [-0.1, -0.05) is 71.2 Å². The van der Waals surface area contributed by atoms with Crippen LogP contribution in [0.2, 0.25) is 0 Å². The number of benzene rings is 1. The summed E-state index contributed by atoms with van der Waals surface area (Å²) < 4.78 is 0. The molecule has 16 atom stereocenters. The molecule has 638 valence electrons. The predicted molar refractivity (Wildman–Crippen MR) is 426 cm³/mol. The number of amides is 12. The van der Waals surface area contributed by atoms with Crippen molar-refractivity contribution in [3.05, 3.63) is 35.4 Å². The largest absolute Gasteiger partial charge is 0.481 e. The van der Waals surface area contributed by atoms with Crippen LogP contribution in [0.5, 0.6) is 0 Å². The van der Waals surface area contributed by atoms with E-state index in [1.165, 1.54) is 37.4 Å². The monoisotopic (exact) mass is 1640 g/mol. The molecule has 3 saturated heterocycles. The third kappa shape index (κ3) is 28.0. The molecule has 12 amide bonds. The van der Waals surface area contributed by atoms with Crippen molar-refractivity contribution in [1.82, 2.24) is 79.8 Å². The smallest absolute Gasteiger partial charge is 0.303 e. The Kier molecular flexibility index (Phi) is 35.9. The molecule has 36 heteroatoms. The van der Waals surface area contributed by atoms with E-state index in [2.05, 4.69) is 79.8 Å². The van der Waals surface area contributed by atoms with Gasteiger partial charge in [0.25, 0.3) is 0 Å². The lowest BCUT2D eigenvalue weighted by Gasteiger charge is -2.35. The van der Waals surface area contributed by atoms with Crippen molar-refractivity contribution < 1.29 is 87.9 Å². The number of carbonyl (C=O) groups is 13. The number of primary amides is 1. The zero-order valence-corrected chi connectivity index (χ0v) is 68.3. The van der Waals surface area contributed by atoms with E-state index in [9.17, 15) is 63.9 Å². The molecule has 1 aromatic carbocycles. The Balaban J connectivity index is 1.12. The molecule has 114 heavy (non-hydrogen) atoms. The second kappa shape index (κ2) is 44.3. The number of carbonyl (C=O) groups excluding carboxylic acids is 12. The predicted octanol–water partition coefficient (Wildman–Crippen LogP) is -1.48. The number of fused-ring (bicyclic) bond motifs is 3. The first-order valence-corrected chi connectivity index (χ1v) is 43.2. The molecule has 0 aromatic heterocycles. The Morgan fingerprint density at radius 3 is 1.64 bits per heavy atom. The molecule has 3 aliphatic carbocycles. The fraction of sp³-hybridized carbons (Fsp3) is 0.756. The van der Waals surface area contributed by atoms with Gasteiger partial charge in [-0.3, -0.25) is 62.3 Å². The highest BCUT2D eigenvalue weighted by Gasteiger charge is 2.48. The van der Waals surface area contributed by atoms with Crippen LogP contribution >= 0.6 is 23.5 Å². The highest BCUT2D eigenvalue weighted by atomic mass is 32.2. The Hall–Kier alpha value is -7.29. The van der Waals surface area contributed by atoms with Gasteiger partial charge in [-0.15, -0.1) is 0 Å². The summed E-state index contributed by atoms with van der Waals surface area (Å²) in [5, 5.41) is 97.4. The van der Waals surface area contributed by atoms with Crippen molar-refractivity contribution >= 4 is 100 Å². The molecule has 4 heterocycles. The van der Waals surface area contributed by atoms with Gasteiger partial charge >= 0.3 is 5.97 Å². The van der Waals surface area contributed by atoms with Gasteiger partial charge in [0.1, 0.15) is 66.0 Å². The zero-order valence-electron chi connectivity index (χ0n) is 66.7. The summed E-state index contributed by atoms with van der Waals surface area (Å²) in [6.07, 6.45) is 0.600. The Morgan fingerprint density at radius 1 is 0.570 bits per heavy atom. The lowest BCUT2D eigenvalue weighted by Crippen LogP contribution is -2.65. The number of thioether (sulfide) groups is 2. The van der Waals surface area contributed by atoms with Crippen LogP contribution in [0.25, 0.3) is 0 Å². The lowest BCUT2D eigenvalue weighted by atomic mass is 9.82. The highest BCUT2D eigenvalue weighted by molar-refractivity contribution is 7.98. The van der Waals surface area contributed by atoms with Crippen molar-refractivity contribution in [2.45, 2.75) is 303 Å². The molecule has 6 fully saturated rings. The number of nitrogens with one attached hydrogen (secondary N) is 15. The average Bonchev–Trinajstić information content (AvgIpc) is 1.58. The van der Waals surface area contributed by atoms with Crippen LogP contribution in [0.3, 0.4) is 0 Å². The van der Waals surface area contributed by atoms with E-state index < -0.39 is 192 Å². The minimum absolute atomic E-state index is 0.00706. The third-order valence-electron chi connectivity index (χ3n) is 23.2. The van der Waals surface area contributed by atoms with Crippen molar-refractivity contribution in [3.8, 4) is 0 Å². The second-order valence-electron chi connectivity index (χ2n) is 33.5. The van der Waals surface area contributed by atoms with Crippen LogP contribution in [-0.4, -0.2) is 243 Å². The molecular formula is C78H126N16O18S2. The van der Waals surface area contributed by atoms with Crippen LogP contribution in [-0.2, 0) is 73.8 Å². The number of rotatable bonds is 16. The summed E-state index contributed by atoms with van der Waals surface area (Å²) >= 11 is 2.74. The molecule has 34 nitrogen and oxygen atoms in total. The molecule has 1 aromatic rings. The number of carboxylic acids is 1. The first-order valence-electron chi connectivity index (χ1n) is 40.9. The summed E-state index contributed by atoms with van der Waals surface area (Å²) in [4.78, 5) is 188. The van der Waals surface area contributed by atoms with E-state index in [4.69, 9.17) is 5.73 Å². The fourth-order valence-electron chi connectivity index (χ4n) is 16.6. The number of aliphatic hydroxyl groups excluding tert-OH is 4. The quantitative estimate of drug-likeness (QED) is 0.0897. The summed E-state index contributed by atoms with van der Waals surface area (Å²) in [7, 11) is 0. The molecule has 0 radical (unpaired) electrons. The minimum atomic E-state index is -1.78. The number of nitrogens with two attached hydrogens (primary N) is 1. The third-order valence-corrected chi connectivity index (χ3v) is 25.4. The Labute approximate surface area is 676 Å². The topological polar surface area (TPSA) is 530 Å². The minimum Gasteiger partial charge on any atom is -0.481 e. The van der Waals surface area contributed by atoms with Gasteiger partial charge in [0.05, 0.1) is 30.6 Å². The average molecular weight is 1640 g/mol. The van der Waals surface area contributed by atoms with Crippen molar-refractivity contribution in [3.63, 3.8) is 0 Å². The molecule has 2 bridgehead atoms. The standard InChI is InChI=1S/C78H126N16O18S2/c1-7-12-53-68(104)92-63(43(3)96)74(110)89-59(65(79)102)40-114-39-47-14-10-13-46(31-47)38-113-30-26-60(99)91-64(77(4,5)6)75(111)88-56(33-45-18-22-51(98)23-19-45)70(106)86-58(35-49-37-80-41-83-49)71(107)93-62(42(2)95)73(109)87-57(34-48-36-82-66-52(48)15-11-29-81-66)72(108)94-78(27-8-9-28-78)76(112)90-54(24-25-61(100)101)67(103)85-55(69(105)84-53)32-44-16-20-50(97)21-17-44/h10,13-14,31,42-45,48-59,62-64,66,80-83,95-98H,7-9,11-12,15-30,32-41H2,1-6H3,(H2,79,102)(H,84,105)(H,85,103)(H,86,106)(H,87,109)(H,88,111)(H,89,110)(H,90,112)(H,91,99)(H,92,104)(H,93,107)(H,94,108)(H,100,101)/t42-,43-,44?,45?,48?,49?,50?,51?,52?,53+,54+,55+,56+,57+,58+,59+,62+,63+,64-,66?/m1/s1. The number of aliphatic carboxylic acids is 1. The van der Waals surface area contributed by atoms with Gasteiger partial charge in [0.15, 0.2) is 0 Å². The molecule has 8 rings (SSSR count). The van der Waals surface area contributed by atoms with Crippen molar-refractivity contribution in [2.24, 2.45) is 34.8 Å². The van der Waals surface area contributed by atoms with Crippen molar-refractivity contribution in [2.75, 3.05) is 37.8 Å². The van der Waals surface area contributed by atoms with E-state index in [0.29, 0.717) is 108 Å².